The van der Waals surface area contributed by atoms with E-state index in [0.717, 1.165) is 16.9 Å². The molecule has 1 amide bonds. The fourth-order valence-electron chi connectivity index (χ4n) is 5.18. The van der Waals surface area contributed by atoms with Gasteiger partial charge in [-0.1, -0.05) is 84.0 Å². The molecule has 6 nitrogen and oxygen atoms in total. The van der Waals surface area contributed by atoms with Crippen molar-refractivity contribution in [1.82, 2.24) is 5.32 Å². The first-order valence-corrected chi connectivity index (χ1v) is 16.3. The Hall–Kier alpha value is -3.16. The van der Waals surface area contributed by atoms with Crippen LogP contribution >= 0.6 is 0 Å². The zero-order chi connectivity index (χ0) is 30.1. The number of esters is 1. The Labute approximate surface area is 242 Å². The van der Waals surface area contributed by atoms with Gasteiger partial charge in [0.1, 0.15) is 11.4 Å². The highest BCUT2D eigenvalue weighted by molar-refractivity contribution is 6.78. The third-order valence-electron chi connectivity index (χ3n) is 6.91. The van der Waals surface area contributed by atoms with Crippen LogP contribution in [-0.4, -0.2) is 31.8 Å². The number of rotatable bonds is 12. The normalized spacial score (nSPS) is 13.7. The van der Waals surface area contributed by atoms with Gasteiger partial charge in [-0.2, -0.15) is 0 Å². The van der Waals surface area contributed by atoms with Gasteiger partial charge >= 0.3 is 5.97 Å². The third-order valence-corrected chi connectivity index (χ3v) is 12.9. The van der Waals surface area contributed by atoms with Crippen molar-refractivity contribution < 1.29 is 18.8 Å². The van der Waals surface area contributed by atoms with Gasteiger partial charge in [-0.15, -0.1) is 0 Å². The first kappa shape index (κ1) is 33.0. The van der Waals surface area contributed by atoms with Crippen LogP contribution in [0.2, 0.25) is 16.6 Å². The Morgan fingerprint density at radius 3 is 1.93 bits per heavy atom. The topological polar surface area (TPSA) is 90.6 Å². The van der Waals surface area contributed by atoms with Gasteiger partial charge in [0.2, 0.25) is 5.91 Å². The van der Waals surface area contributed by atoms with Crippen molar-refractivity contribution in [3.63, 3.8) is 0 Å². The third kappa shape index (κ3) is 9.79. The van der Waals surface area contributed by atoms with E-state index in [9.17, 15) is 9.59 Å². The average Bonchev–Trinajstić information content (AvgIpc) is 2.85. The number of hydrogen-bond donors (Lipinski definition) is 2. The van der Waals surface area contributed by atoms with Crippen LogP contribution in [0.1, 0.15) is 73.4 Å². The summed E-state index contributed by atoms with van der Waals surface area (Å²) in [6.07, 6.45) is 5.05. The number of nitrogens with two attached hydrogens (primary N) is 1. The van der Waals surface area contributed by atoms with Gasteiger partial charge in [0.15, 0.2) is 0 Å². The fourth-order valence-corrected chi connectivity index (χ4v) is 10.4. The molecular weight excluding hydrogens is 516 g/mol. The number of allylic oxidation sites excluding steroid dienone is 1. The molecular formula is C33H48N2O4Si. The van der Waals surface area contributed by atoms with Crippen LogP contribution in [0.3, 0.4) is 0 Å². The Morgan fingerprint density at radius 1 is 0.875 bits per heavy atom. The van der Waals surface area contributed by atoms with E-state index < -0.39 is 25.9 Å². The van der Waals surface area contributed by atoms with Gasteiger partial charge in [-0.25, -0.2) is 4.79 Å². The summed E-state index contributed by atoms with van der Waals surface area (Å²) in [5, 5.41) is 2.88. The Bertz CT molecular complexity index is 1140. The van der Waals surface area contributed by atoms with E-state index in [0.29, 0.717) is 28.7 Å². The number of nitrogens with one attached hydrogen (secondary N) is 1. The van der Waals surface area contributed by atoms with E-state index >= 15 is 0 Å². The molecule has 3 N–H and O–H groups in total. The maximum Gasteiger partial charge on any atom is 0.331 e. The van der Waals surface area contributed by atoms with Gasteiger partial charge in [-0.3, -0.25) is 4.79 Å². The minimum atomic E-state index is -2.08. The van der Waals surface area contributed by atoms with Gasteiger partial charge in [0.05, 0.1) is 6.04 Å². The number of amides is 1. The molecule has 7 heteroatoms. The average molecular weight is 565 g/mol. The van der Waals surface area contributed by atoms with Crippen LogP contribution in [0, 0.1) is 0 Å². The quantitative estimate of drug-likeness (QED) is 0.123. The molecule has 218 valence electrons. The molecule has 2 aromatic carbocycles. The maximum atomic E-state index is 13.0. The fraction of sp³-hybridized carbons (Fsp3) is 0.455. The van der Waals surface area contributed by atoms with Crippen molar-refractivity contribution in [2.24, 2.45) is 5.73 Å². The molecule has 0 saturated heterocycles. The molecule has 0 bridgehead atoms. The van der Waals surface area contributed by atoms with Crippen molar-refractivity contribution in [2.45, 2.75) is 97.0 Å². The molecule has 0 spiro atoms. The van der Waals surface area contributed by atoms with Crippen LogP contribution < -0.4 is 15.5 Å². The molecule has 0 heterocycles. The Morgan fingerprint density at radius 2 is 1.43 bits per heavy atom. The molecule has 1 atom stereocenters. The van der Waals surface area contributed by atoms with Crippen molar-refractivity contribution in [3.8, 4) is 5.75 Å². The minimum absolute atomic E-state index is 0.342. The van der Waals surface area contributed by atoms with Gasteiger partial charge in [0.25, 0.3) is 8.32 Å². The van der Waals surface area contributed by atoms with Crippen molar-refractivity contribution in [3.05, 3.63) is 83.6 Å². The molecule has 0 radical (unpaired) electrons. The number of carbonyl (C=O) groups is 2. The van der Waals surface area contributed by atoms with Crippen molar-refractivity contribution >= 4 is 26.3 Å². The highest BCUT2D eigenvalue weighted by Gasteiger charge is 2.46. The SMILES string of the molecule is CC(C)[Si](Oc1ccc(/C=C(/C=C/C(=O)OC(C)(C)C)NC(=O)[C@@H](N)Cc2ccccc2)cc1)(C(C)C)C(C)C. The van der Waals surface area contributed by atoms with Crippen LogP contribution in [-0.2, 0) is 20.7 Å². The Balaban J connectivity index is 2.31. The molecule has 2 rings (SSSR count). The molecule has 0 aliphatic carbocycles. The zero-order valence-electron chi connectivity index (χ0n) is 25.7. The molecule has 0 aliphatic rings. The van der Waals surface area contributed by atoms with Gasteiger partial charge in [0, 0.05) is 11.8 Å². The summed E-state index contributed by atoms with van der Waals surface area (Å²) in [5.74, 6) is 0.00694. The van der Waals surface area contributed by atoms with Crippen LogP contribution in [0.15, 0.2) is 72.4 Å². The standard InChI is InChI=1S/C33H48N2O4Si/c1-23(2)40(24(3)4,25(5)6)39-29-18-15-27(16-19-29)21-28(17-20-31(36)38-33(7,8)9)35-32(37)30(34)22-26-13-11-10-12-14-26/h10-21,23-25,30H,22,34H2,1-9H3,(H,35,37)/b20-17+,28-21-/t30-/m0/s1. The van der Waals surface area contributed by atoms with Crippen LogP contribution in [0.4, 0.5) is 0 Å². The van der Waals surface area contributed by atoms with E-state index in [4.69, 9.17) is 14.9 Å². The summed E-state index contributed by atoms with van der Waals surface area (Å²) >= 11 is 0. The lowest BCUT2D eigenvalue weighted by Gasteiger charge is -2.42. The Kier molecular flexibility index (Phi) is 11.9. The second kappa shape index (κ2) is 14.5. The smallest absolute Gasteiger partial charge is 0.331 e. The second-order valence-electron chi connectivity index (χ2n) is 12.2. The summed E-state index contributed by atoms with van der Waals surface area (Å²) in [6, 6.07) is 16.7. The number of ether oxygens (including phenoxy) is 1. The number of carbonyl (C=O) groups excluding carboxylic acids is 2. The first-order valence-electron chi connectivity index (χ1n) is 14.2. The molecule has 0 aliphatic heterocycles. The lowest BCUT2D eigenvalue weighted by molar-refractivity contribution is -0.148. The minimum Gasteiger partial charge on any atom is -0.543 e. The van der Waals surface area contributed by atoms with E-state index in [1.807, 2.05) is 54.6 Å². The van der Waals surface area contributed by atoms with Gasteiger partial charge < -0.3 is 20.2 Å². The highest BCUT2D eigenvalue weighted by Crippen LogP contribution is 2.42. The molecule has 0 saturated carbocycles. The largest absolute Gasteiger partial charge is 0.543 e. The number of hydrogen-bond acceptors (Lipinski definition) is 5. The maximum absolute atomic E-state index is 13.0. The predicted molar refractivity (Wildman–Crippen MR) is 167 cm³/mol. The summed E-state index contributed by atoms with van der Waals surface area (Å²) in [5.41, 5.74) is 9.24. The number of benzene rings is 2. The molecule has 0 unspecified atom stereocenters. The van der Waals surface area contributed by atoms with E-state index in [-0.39, 0.29) is 5.91 Å². The molecule has 2 aromatic rings. The van der Waals surface area contributed by atoms with Crippen LogP contribution in [0.25, 0.3) is 6.08 Å². The summed E-state index contributed by atoms with van der Waals surface area (Å²) < 4.78 is 12.2. The monoisotopic (exact) mass is 564 g/mol. The molecule has 0 fully saturated rings. The summed E-state index contributed by atoms with van der Waals surface area (Å²) in [6.45, 7) is 19.0. The lowest BCUT2D eigenvalue weighted by Crippen LogP contribution is -2.50. The first-order chi connectivity index (χ1) is 18.6. The van der Waals surface area contributed by atoms with E-state index in [2.05, 4.69) is 46.9 Å². The van der Waals surface area contributed by atoms with Crippen LogP contribution in [0.5, 0.6) is 5.75 Å². The van der Waals surface area contributed by atoms with Gasteiger partial charge in [-0.05, 0) is 79.2 Å². The predicted octanol–water partition coefficient (Wildman–Crippen LogP) is 7.17. The molecule has 0 aromatic heterocycles. The van der Waals surface area contributed by atoms with Crippen molar-refractivity contribution in [1.29, 1.82) is 0 Å². The molecule has 40 heavy (non-hydrogen) atoms. The summed E-state index contributed by atoms with van der Waals surface area (Å²) in [4.78, 5) is 25.3. The summed E-state index contributed by atoms with van der Waals surface area (Å²) in [7, 11) is -2.08. The zero-order valence-corrected chi connectivity index (χ0v) is 26.7. The van der Waals surface area contributed by atoms with E-state index in [1.54, 1.807) is 32.9 Å². The second-order valence-corrected chi connectivity index (χ2v) is 17.6. The lowest BCUT2D eigenvalue weighted by atomic mass is 10.1. The van der Waals surface area contributed by atoms with Crippen molar-refractivity contribution in [2.75, 3.05) is 0 Å². The highest BCUT2D eigenvalue weighted by atomic mass is 28.4. The van der Waals surface area contributed by atoms with E-state index in [1.165, 1.54) is 6.08 Å².